The standard InChI is InChI=1S/C10H9BrF5N.ClH/c11-5-1-2-6(12)8(9(5)13)7(17)3-4-10(14,15)16;/h1-2,7H,3-4,17H2;1H/t7-;/m0./s1. The molecule has 0 heterocycles. The van der Waals surface area contributed by atoms with E-state index in [-0.39, 0.29) is 16.9 Å². The molecule has 1 aromatic carbocycles. The summed E-state index contributed by atoms with van der Waals surface area (Å²) in [6, 6.07) is 0.759. The molecule has 18 heavy (non-hydrogen) atoms. The quantitative estimate of drug-likeness (QED) is 0.628. The van der Waals surface area contributed by atoms with Crippen molar-refractivity contribution in [2.75, 3.05) is 0 Å². The zero-order chi connectivity index (χ0) is 13.2. The van der Waals surface area contributed by atoms with E-state index in [1.54, 1.807) is 0 Å². The molecule has 0 bridgehead atoms. The van der Waals surface area contributed by atoms with Gasteiger partial charge in [-0.25, -0.2) is 8.78 Å². The Morgan fingerprint density at radius 3 is 2.28 bits per heavy atom. The van der Waals surface area contributed by atoms with Crippen LogP contribution in [-0.4, -0.2) is 6.18 Å². The number of alkyl halides is 3. The fourth-order valence-corrected chi connectivity index (χ4v) is 1.69. The van der Waals surface area contributed by atoms with Crippen LogP contribution in [0.2, 0.25) is 0 Å². The Morgan fingerprint density at radius 1 is 1.22 bits per heavy atom. The van der Waals surface area contributed by atoms with Gasteiger partial charge >= 0.3 is 6.18 Å². The highest BCUT2D eigenvalue weighted by atomic mass is 79.9. The summed E-state index contributed by atoms with van der Waals surface area (Å²) in [5, 5.41) is 0. The van der Waals surface area contributed by atoms with Gasteiger partial charge in [0.15, 0.2) is 0 Å². The van der Waals surface area contributed by atoms with Crippen LogP contribution in [0, 0.1) is 11.6 Å². The number of benzene rings is 1. The molecule has 0 aliphatic heterocycles. The van der Waals surface area contributed by atoms with Crippen molar-refractivity contribution in [1.82, 2.24) is 0 Å². The third kappa shape index (κ3) is 4.70. The van der Waals surface area contributed by atoms with Crippen molar-refractivity contribution in [2.24, 2.45) is 5.73 Å². The van der Waals surface area contributed by atoms with Crippen LogP contribution >= 0.6 is 28.3 Å². The van der Waals surface area contributed by atoms with E-state index in [0.29, 0.717) is 0 Å². The van der Waals surface area contributed by atoms with Crippen LogP contribution in [0.15, 0.2) is 16.6 Å². The van der Waals surface area contributed by atoms with Crippen LogP contribution < -0.4 is 5.73 Å². The highest BCUT2D eigenvalue weighted by molar-refractivity contribution is 9.10. The molecular formula is C10H10BrClF5N. The smallest absolute Gasteiger partial charge is 0.324 e. The summed E-state index contributed by atoms with van der Waals surface area (Å²) < 4.78 is 62.6. The summed E-state index contributed by atoms with van der Waals surface area (Å²) >= 11 is 2.82. The summed E-state index contributed by atoms with van der Waals surface area (Å²) in [5.41, 5.74) is 4.85. The highest BCUT2D eigenvalue weighted by Crippen LogP contribution is 2.31. The van der Waals surface area contributed by atoms with Crippen molar-refractivity contribution < 1.29 is 22.0 Å². The Hall–Kier alpha value is -0.400. The van der Waals surface area contributed by atoms with Gasteiger partial charge in [0.1, 0.15) is 11.6 Å². The monoisotopic (exact) mass is 353 g/mol. The van der Waals surface area contributed by atoms with E-state index < -0.39 is 42.3 Å². The van der Waals surface area contributed by atoms with Gasteiger partial charge in [0.2, 0.25) is 0 Å². The molecular weight excluding hydrogens is 344 g/mol. The van der Waals surface area contributed by atoms with Gasteiger partial charge in [0.25, 0.3) is 0 Å². The SMILES string of the molecule is Cl.N[C@@H](CCC(F)(F)F)c1c(F)ccc(Br)c1F. The third-order valence-electron chi connectivity index (χ3n) is 2.19. The summed E-state index contributed by atoms with van der Waals surface area (Å²) in [7, 11) is 0. The molecule has 0 aliphatic carbocycles. The number of hydrogen-bond donors (Lipinski definition) is 1. The summed E-state index contributed by atoms with van der Waals surface area (Å²) in [4.78, 5) is 0. The molecule has 1 aromatic rings. The van der Waals surface area contributed by atoms with Crippen LogP contribution in [0.1, 0.15) is 24.4 Å². The van der Waals surface area contributed by atoms with Crippen LogP contribution in [-0.2, 0) is 0 Å². The minimum Gasteiger partial charge on any atom is -0.324 e. The maximum absolute atomic E-state index is 13.5. The first-order valence-electron chi connectivity index (χ1n) is 4.68. The van der Waals surface area contributed by atoms with Crippen molar-refractivity contribution in [1.29, 1.82) is 0 Å². The largest absolute Gasteiger partial charge is 0.389 e. The van der Waals surface area contributed by atoms with Crippen molar-refractivity contribution in [3.63, 3.8) is 0 Å². The second-order valence-corrected chi connectivity index (χ2v) is 4.37. The third-order valence-corrected chi connectivity index (χ3v) is 2.80. The summed E-state index contributed by atoms with van der Waals surface area (Å²) in [5.74, 6) is -1.90. The summed E-state index contributed by atoms with van der Waals surface area (Å²) in [6.07, 6.45) is -6.13. The maximum atomic E-state index is 13.5. The van der Waals surface area contributed by atoms with E-state index in [1.807, 2.05) is 0 Å². The predicted molar refractivity (Wildman–Crippen MR) is 63.5 cm³/mol. The lowest BCUT2D eigenvalue weighted by atomic mass is 10.0. The molecule has 0 amide bonds. The van der Waals surface area contributed by atoms with Gasteiger partial charge in [0, 0.05) is 18.0 Å². The molecule has 1 nitrogen and oxygen atoms in total. The number of nitrogens with two attached hydrogens (primary N) is 1. The predicted octanol–water partition coefficient (Wildman–Crippen LogP) is 4.49. The van der Waals surface area contributed by atoms with Crippen LogP contribution in [0.5, 0.6) is 0 Å². The molecule has 0 radical (unpaired) electrons. The molecule has 0 spiro atoms. The molecule has 8 heteroatoms. The van der Waals surface area contributed by atoms with Crippen LogP contribution in [0.4, 0.5) is 22.0 Å². The van der Waals surface area contributed by atoms with Gasteiger partial charge in [-0.15, -0.1) is 12.4 Å². The minimum atomic E-state index is -4.39. The molecule has 0 aliphatic rings. The van der Waals surface area contributed by atoms with E-state index in [9.17, 15) is 22.0 Å². The highest BCUT2D eigenvalue weighted by Gasteiger charge is 2.29. The van der Waals surface area contributed by atoms with Crippen molar-refractivity contribution in [3.8, 4) is 0 Å². The normalized spacial score (nSPS) is 13.1. The van der Waals surface area contributed by atoms with E-state index in [1.165, 1.54) is 0 Å². The van der Waals surface area contributed by atoms with Crippen LogP contribution in [0.3, 0.4) is 0 Å². The fraction of sp³-hybridized carbons (Fsp3) is 0.400. The molecule has 1 rings (SSSR count). The Bertz CT molecular complexity index is 410. The van der Waals surface area contributed by atoms with Gasteiger partial charge in [-0.1, -0.05) is 0 Å². The van der Waals surface area contributed by atoms with Crippen molar-refractivity contribution in [2.45, 2.75) is 25.1 Å². The van der Waals surface area contributed by atoms with E-state index in [2.05, 4.69) is 15.9 Å². The van der Waals surface area contributed by atoms with Crippen molar-refractivity contribution in [3.05, 3.63) is 33.8 Å². The molecule has 2 N–H and O–H groups in total. The first-order chi connectivity index (χ1) is 7.72. The maximum Gasteiger partial charge on any atom is 0.389 e. The molecule has 0 fully saturated rings. The lowest BCUT2D eigenvalue weighted by Crippen LogP contribution is -2.18. The molecule has 0 aromatic heterocycles. The zero-order valence-corrected chi connectivity index (χ0v) is 11.3. The van der Waals surface area contributed by atoms with Crippen molar-refractivity contribution >= 4 is 28.3 Å². The van der Waals surface area contributed by atoms with Crippen LogP contribution in [0.25, 0.3) is 0 Å². The Morgan fingerprint density at radius 2 is 1.78 bits per heavy atom. The van der Waals surface area contributed by atoms with E-state index in [0.717, 1.165) is 12.1 Å². The van der Waals surface area contributed by atoms with Gasteiger partial charge in [0.05, 0.1) is 4.47 Å². The minimum absolute atomic E-state index is 0. The first kappa shape index (κ1) is 17.6. The van der Waals surface area contributed by atoms with E-state index >= 15 is 0 Å². The lowest BCUT2D eigenvalue weighted by molar-refractivity contribution is -0.136. The number of rotatable bonds is 3. The molecule has 104 valence electrons. The average Bonchev–Trinajstić information content (AvgIpc) is 2.20. The Kier molecular flexibility index (Phi) is 6.53. The second-order valence-electron chi connectivity index (χ2n) is 3.52. The van der Waals surface area contributed by atoms with Gasteiger partial charge in [-0.05, 0) is 34.5 Å². The number of hydrogen-bond acceptors (Lipinski definition) is 1. The first-order valence-corrected chi connectivity index (χ1v) is 5.47. The molecule has 0 saturated heterocycles. The second kappa shape index (κ2) is 6.68. The summed E-state index contributed by atoms with van der Waals surface area (Å²) in [6.45, 7) is 0. The number of halogens is 7. The molecule has 0 saturated carbocycles. The molecule has 0 unspecified atom stereocenters. The van der Waals surface area contributed by atoms with Gasteiger partial charge in [-0.3, -0.25) is 0 Å². The average molecular weight is 355 g/mol. The fourth-order valence-electron chi connectivity index (χ4n) is 1.35. The molecule has 1 atom stereocenters. The Labute approximate surface area is 115 Å². The van der Waals surface area contributed by atoms with E-state index in [4.69, 9.17) is 5.73 Å². The topological polar surface area (TPSA) is 26.0 Å². The van der Waals surface area contributed by atoms with Gasteiger partial charge < -0.3 is 5.73 Å². The lowest BCUT2D eigenvalue weighted by Gasteiger charge is -2.15. The van der Waals surface area contributed by atoms with Gasteiger partial charge in [-0.2, -0.15) is 13.2 Å². The zero-order valence-electron chi connectivity index (χ0n) is 8.90. The Balaban J connectivity index is 0.00000289.